The summed E-state index contributed by atoms with van der Waals surface area (Å²) in [5.74, 6) is 3.56. The Morgan fingerprint density at radius 2 is 2.00 bits per heavy atom. The van der Waals surface area contributed by atoms with Gasteiger partial charge in [0.2, 0.25) is 0 Å². The second-order valence-corrected chi connectivity index (χ2v) is 5.84. The molecule has 19 heavy (non-hydrogen) atoms. The van der Waals surface area contributed by atoms with E-state index in [0.717, 1.165) is 36.5 Å². The Morgan fingerprint density at radius 3 is 2.63 bits per heavy atom. The molecule has 0 aromatic heterocycles. The van der Waals surface area contributed by atoms with Crippen molar-refractivity contribution in [2.75, 3.05) is 20.2 Å². The van der Waals surface area contributed by atoms with Gasteiger partial charge in [0.25, 0.3) is 0 Å². The molecule has 0 spiro atoms. The summed E-state index contributed by atoms with van der Waals surface area (Å²) in [6.45, 7) is 2.26. The summed E-state index contributed by atoms with van der Waals surface area (Å²) in [4.78, 5) is 0. The van der Waals surface area contributed by atoms with Gasteiger partial charge < -0.3 is 10.1 Å². The minimum absolute atomic E-state index is 0.860. The molecule has 3 atom stereocenters. The summed E-state index contributed by atoms with van der Waals surface area (Å²) in [6, 6.07) is 8.38. The molecular weight excluding hydrogens is 234 g/mol. The van der Waals surface area contributed by atoms with Gasteiger partial charge in [0.05, 0.1) is 7.11 Å². The minimum Gasteiger partial charge on any atom is -0.497 e. The number of methoxy groups -OCH3 is 1. The number of benzene rings is 1. The average Bonchev–Trinajstić information content (AvgIpc) is 3.07. The van der Waals surface area contributed by atoms with Gasteiger partial charge in [0.15, 0.2) is 0 Å². The number of fused-ring (bicyclic) bond motifs is 2. The van der Waals surface area contributed by atoms with Crippen LogP contribution in [-0.2, 0) is 6.42 Å². The number of hydrogen-bond donors (Lipinski definition) is 1. The SMILES string of the molecule is COc1ccc(CCNC[C@H]2C[C@H]3C=C[C@H]2C3)cc1. The third-order valence-corrected chi connectivity index (χ3v) is 4.57. The molecule has 0 heterocycles. The smallest absolute Gasteiger partial charge is 0.118 e. The zero-order chi connectivity index (χ0) is 13.1. The van der Waals surface area contributed by atoms with Crippen molar-refractivity contribution in [3.05, 3.63) is 42.0 Å². The van der Waals surface area contributed by atoms with Crippen molar-refractivity contribution < 1.29 is 4.74 Å². The molecule has 102 valence electrons. The van der Waals surface area contributed by atoms with E-state index in [1.165, 1.54) is 24.9 Å². The first kappa shape index (κ1) is 12.7. The van der Waals surface area contributed by atoms with E-state index in [1.54, 1.807) is 7.11 Å². The second kappa shape index (κ2) is 5.79. The van der Waals surface area contributed by atoms with E-state index in [9.17, 15) is 0 Å². The van der Waals surface area contributed by atoms with Crippen LogP contribution in [0.5, 0.6) is 5.75 Å². The Morgan fingerprint density at radius 1 is 1.16 bits per heavy atom. The van der Waals surface area contributed by atoms with Crippen molar-refractivity contribution >= 4 is 0 Å². The fourth-order valence-electron chi connectivity index (χ4n) is 3.44. The van der Waals surface area contributed by atoms with Crippen LogP contribution in [0.1, 0.15) is 18.4 Å². The Bertz CT molecular complexity index is 437. The lowest BCUT2D eigenvalue weighted by Gasteiger charge is -2.18. The first-order chi connectivity index (χ1) is 9.35. The van der Waals surface area contributed by atoms with Crippen LogP contribution in [0.2, 0.25) is 0 Å². The number of nitrogens with one attached hydrogen (secondary N) is 1. The van der Waals surface area contributed by atoms with E-state index in [4.69, 9.17) is 4.74 Å². The summed E-state index contributed by atoms with van der Waals surface area (Å²) in [5.41, 5.74) is 1.38. The fraction of sp³-hybridized carbons (Fsp3) is 0.529. The zero-order valence-corrected chi connectivity index (χ0v) is 11.6. The molecule has 2 bridgehead atoms. The lowest BCUT2D eigenvalue weighted by molar-refractivity contribution is 0.413. The number of ether oxygens (including phenoxy) is 1. The lowest BCUT2D eigenvalue weighted by Crippen LogP contribution is -2.27. The molecule has 1 aromatic carbocycles. The first-order valence-electron chi connectivity index (χ1n) is 7.37. The molecule has 0 radical (unpaired) electrons. The molecular formula is C17H23NO. The maximum atomic E-state index is 5.17. The van der Waals surface area contributed by atoms with E-state index in [2.05, 4.69) is 29.6 Å². The highest BCUT2D eigenvalue weighted by molar-refractivity contribution is 5.27. The van der Waals surface area contributed by atoms with Crippen LogP contribution in [0.15, 0.2) is 36.4 Å². The van der Waals surface area contributed by atoms with Crippen LogP contribution in [0.4, 0.5) is 0 Å². The second-order valence-electron chi connectivity index (χ2n) is 5.84. The van der Waals surface area contributed by atoms with Crippen molar-refractivity contribution in [3.63, 3.8) is 0 Å². The topological polar surface area (TPSA) is 21.3 Å². The van der Waals surface area contributed by atoms with Gasteiger partial charge >= 0.3 is 0 Å². The summed E-state index contributed by atoms with van der Waals surface area (Å²) in [5, 5.41) is 3.62. The molecule has 1 aromatic rings. The third kappa shape index (κ3) is 3.01. The molecule has 0 aliphatic heterocycles. The predicted octanol–water partition coefficient (Wildman–Crippen LogP) is 3.04. The Balaban J connectivity index is 1.37. The van der Waals surface area contributed by atoms with Gasteiger partial charge in [-0.25, -0.2) is 0 Å². The zero-order valence-electron chi connectivity index (χ0n) is 11.6. The molecule has 0 amide bonds. The molecule has 2 nitrogen and oxygen atoms in total. The highest BCUT2D eigenvalue weighted by Crippen LogP contribution is 2.42. The number of allylic oxidation sites excluding steroid dienone is 2. The minimum atomic E-state index is 0.860. The fourth-order valence-corrected chi connectivity index (χ4v) is 3.44. The summed E-state index contributed by atoms with van der Waals surface area (Å²) in [7, 11) is 1.71. The van der Waals surface area contributed by atoms with Crippen LogP contribution < -0.4 is 10.1 Å². The maximum Gasteiger partial charge on any atom is 0.118 e. The van der Waals surface area contributed by atoms with Crippen molar-refractivity contribution in [2.45, 2.75) is 19.3 Å². The van der Waals surface area contributed by atoms with Gasteiger partial charge in [-0.1, -0.05) is 24.3 Å². The van der Waals surface area contributed by atoms with Gasteiger partial charge in [-0.2, -0.15) is 0 Å². The van der Waals surface area contributed by atoms with Crippen molar-refractivity contribution in [2.24, 2.45) is 17.8 Å². The summed E-state index contributed by atoms with van der Waals surface area (Å²) < 4.78 is 5.17. The third-order valence-electron chi connectivity index (χ3n) is 4.57. The van der Waals surface area contributed by atoms with E-state index in [0.29, 0.717) is 0 Å². The van der Waals surface area contributed by atoms with Gasteiger partial charge in [0, 0.05) is 0 Å². The Labute approximate surface area is 115 Å². The summed E-state index contributed by atoms with van der Waals surface area (Å²) in [6.07, 6.45) is 8.75. The van der Waals surface area contributed by atoms with E-state index in [-0.39, 0.29) is 0 Å². The molecule has 2 heteroatoms. The molecule has 3 rings (SSSR count). The van der Waals surface area contributed by atoms with Gasteiger partial charge in [-0.3, -0.25) is 0 Å². The molecule has 0 saturated heterocycles. The van der Waals surface area contributed by atoms with Gasteiger partial charge in [0.1, 0.15) is 5.75 Å². The van der Waals surface area contributed by atoms with Crippen molar-refractivity contribution in [1.82, 2.24) is 5.32 Å². The summed E-state index contributed by atoms with van der Waals surface area (Å²) >= 11 is 0. The number of hydrogen-bond acceptors (Lipinski definition) is 2. The van der Waals surface area contributed by atoms with Gasteiger partial charge in [-0.05, 0) is 67.8 Å². The van der Waals surface area contributed by atoms with Crippen LogP contribution >= 0.6 is 0 Å². The predicted molar refractivity (Wildman–Crippen MR) is 78.4 cm³/mol. The molecule has 1 fully saturated rings. The standard InChI is InChI=1S/C17H23NO/c1-19-17-6-3-13(4-7-17)8-9-18-12-16-11-14-2-5-15(16)10-14/h2-7,14-16,18H,8-12H2,1H3/t14-,15-,16+/m0/s1. The normalized spacial score (nSPS) is 27.9. The molecule has 2 aliphatic carbocycles. The van der Waals surface area contributed by atoms with Crippen molar-refractivity contribution in [1.29, 1.82) is 0 Å². The van der Waals surface area contributed by atoms with Crippen LogP contribution in [0.25, 0.3) is 0 Å². The molecule has 0 unspecified atom stereocenters. The van der Waals surface area contributed by atoms with Crippen molar-refractivity contribution in [3.8, 4) is 5.75 Å². The van der Waals surface area contributed by atoms with Gasteiger partial charge in [-0.15, -0.1) is 0 Å². The molecule has 1 saturated carbocycles. The quantitative estimate of drug-likeness (QED) is 0.625. The van der Waals surface area contributed by atoms with E-state index >= 15 is 0 Å². The average molecular weight is 257 g/mol. The Kier molecular flexibility index (Phi) is 3.88. The monoisotopic (exact) mass is 257 g/mol. The van der Waals surface area contributed by atoms with Crippen LogP contribution in [0, 0.1) is 17.8 Å². The number of rotatable bonds is 6. The first-order valence-corrected chi connectivity index (χ1v) is 7.37. The van der Waals surface area contributed by atoms with E-state index < -0.39 is 0 Å². The lowest BCUT2D eigenvalue weighted by atomic mass is 9.93. The maximum absolute atomic E-state index is 5.17. The highest BCUT2D eigenvalue weighted by Gasteiger charge is 2.34. The highest BCUT2D eigenvalue weighted by atomic mass is 16.5. The van der Waals surface area contributed by atoms with E-state index in [1.807, 2.05) is 12.1 Å². The molecule has 1 N–H and O–H groups in total. The van der Waals surface area contributed by atoms with Crippen LogP contribution in [-0.4, -0.2) is 20.2 Å². The Hall–Kier alpha value is -1.28. The van der Waals surface area contributed by atoms with Crippen LogP contribution in [0.3, 0.4) is 0 Å². The molecule has 2 aliphatic rings. The largest absolute Gasteiger partial charge is 0.497 e.